The van der Waals surface area contributed by atoms with Gasteiger partial charge in [0.1, 0.15) is 5.69 Å². The first-order chi connectivity index (χ1) is 7.86. The van der Waals surface area contributed by atoms with Crippen molar-refractivity contribution in [3.63, 3.8) is 0 Å². The van der Waals surface area contributed by atoms with E-state index < -0.39 is 0 Å². The number of nitrogens with zero attached hydrogens (tertiary/aromatic N) is 3. The number of aryl methyl sites for hydroxylation is 1. The Morgan fingerprint density at radius 1 is 1.31 bits per heavy atom. The second-order valence-corrected chi connectivity index (χ2v) is 4.82. The highest BCUT2D eigenvalue weighted by Crippen LogP contribution is 2.36. The lowest BCUT2D eigenvalue weighted by Gasteiger charge is -2.22. The molecule has 0 fully saturated rings. The lowest BCUT2D eigenvalue weighted by molar-refractivity contribution is 0.591. The van der Waals surface area contributed by atoms with E-state index in [1.165, 1.54) is 17.3 Å². The van der Waals surface area contributed by atoms with Crippen LogP contribution in [0.15, 0.2) is 18.3 Å². The monoisotopic (exact) mass is 251 g/mol. The van der Waals surface area contributed by atoms with Crippen LogP contribution in [0.25, 0.3) is 0 Å². The highest BCUT2D eigenvalue weighted by atomic mass is 35.5. The molecule has 16 heavy (non-hydrogen) atoms. The summed E-state index contributed by atoms with van der Waals surface area (Å²) in [4.78, 5) is 4.48. The predicted octanol–water partition coefficient (Wildman–Crippen LogP) is 3.05. The largest absolute Gasteiger partial charge is 0.260 e. The molecule has 0 amide bonds. The van der Waals surface area contributed by atoms with E-state index in [0.29, 0.717) is 5.15 Å². The van der Waals surface area contributed by atoms with Crippen molar-refractivity contribution in [2.75, 3.05) is 0 Å². The van der Waals surface area contributed by atoms with Crippen LogP contribution in [-0.4, -0.2) is 13.7 Å². The Hall–Kier alpha value is -1.00. The Morgan fingerprint density at radius 2 is 2.25 bits per heavy atom. The SMILES string of the molecule is Clc1nsnc1C1CCCc2cccnc21. The van der Waals surface area contributed by atoms with Gasteiger partial charge in [0.25, 0.3) is 0 Å². The summed E-state index contributed by atoms with van der Waals surface area (Å²) in [7, 11) is 0. The number of fused-ring (bicyclic) bond motifs is 1. The van der Waals surface area contributed by atoms with E-state index in [0.717, 1.165) is 30.7 Å². The number of hydrogen-bond acceptors (Lipinski definition) is 4. The molecule has 1 aliphatic carbocycles. The topological polar surface area (TPSA) is 38.7 Å². The fourth-order valence-corrected chi connectivity index (χ4v) is 3.09. The van der Waals surface area contributed by atoms with E-state index in [-0.39, 0.29) is 5.92 Å². The molecule has 0 radical (unpaired) electrons. The first-order valence-electron chi connectivity index (χ1n) is 5.28. The average Bonchev–Trinajstić information content (AvgIpc) is 2.75. The molecule has 0 saturated carbocycles. The maximum absolute atomic E-state index is 6.05. The van der Waals surface area contributed by atoms with Crippen molar-refractivity contribution < 1.29 is 0 Å². The Morgan fingerprint density at radius 3 is 3.06 bits per heavy atom. The molecule has 0 aliphatic heterocycles. The van der Waals surface area contributed by atoms with Crippen LogP contribution in [-0.2, 0) is 6.42 Å². The van der Waals surface area contributed by atoms with E-state index in [4.69, 9.17) is 11.6 Å². The molecule has 1 aliphatic rings. The molecule has 0 aromatic carbocycles. The van der Waals surface area contributed by atoms with Gasteiger partial charge in [-0.15, -0.1) is 0 Å². The maximum Gasteiger partial charge on any atom is 0.166 e. The van der Waals surface area contributed by atoms with Crippen LogP contribution in [0.3, 0.4) is 0 Å². The quantitative estimate of drug-likeness (QED) is 0.782. The summed E-state index contributed by atoms with van der Waals surface area (Å²) >= 11 is 7.22. The van der Waals surface area contributed by atoms with Gasteiger partial charge < -0.3 is 0 Å². The van der Waals surface area contributed by atoms with Gasteiger partial charge in [-0.25, -0.2) is 0 Å². The van der Waals surface area contributed by atoms with Crippen molar-refractivity contribution in [2.24, 2.45) is 0 Å². The van der Waals surface area contributed by atoms with Crippen LogP contribution >= 0.6 is 23.3 Å². The van der Waals surface area contributed by atoms with Crippen molar-refractivity contribution in [3.8, 4) is 0 Å². The highest BCUT2D eigenvalue weighted by Gasteiger charge is 2.27. The zero-order valence-corrected chi connectivity index (χ0v) is 10.1. The molecule has 0 N–H and O–H groups in total. The number of pyridine rings is 1. The zero-order valence-electron chi connectivity index (χ0n) is 8.56. The van der Waals surface area contributed by atoms with Crippen LogP contribution in [0.4, 0.5) is 0 Å². The number of aromatic nitrogens is 3. The Labute approximate surface area is 103 Å². The molecule has 2 aromatic rings. The second kappa shape index (κ2) is 4.11. The van der Waals surface area contributed by atoms with E-state index >= 15 is 0 Å². The fraction of sp³-hybridized carbons (Fsp3) is 0.364. The van der Waals surface area contributed by atoms with Crippen LogP contribution in [0.5, 0.6) is 0 Å². The molecule has 0 bridgehead atoms. The summed E-state index contributed by atoms with van der Waals surface area (Å²) in [6.45, 7) is 0. The Bertz CT molecular complexity index is 511. The molecule has 3 nitrogen and oxygen atoms in total. The first kappa shape index (κ1) is 10.2. The third-order valence-corrected chi connectivity index (χ3v) is 3.92. The third-order valence-electron chi connectivity index (χ3n) is 3.00. The Kier molecular flexibility index (Phi) is 2.61. The molecule has 2 heterocycles. The van der Waals surface area contributed by atoms with Crippen molar-refractivity contribution in [3.05, 3.63) is 40.4 Å². The van der Waals surface area contributed by atoms with Crippen LogP contribution in [0.1, 0.15) is 35.7 Å². The standard InChI is InChI=1S/C11H10ClN3S/c12-11-10(14-16-15-11)8-5-1-3-7-4-2-6-13-9(7)8/h2,4,6,8H,1,3,5H2. The van der Waals surface area contributed by atoms with Crippen molar-refractivity contribution in [1.82, 2.24) is 13.7 Å². The third kappa shape index (κ3) is 1.62. The molecule has 0 saturated heterocycles. The molecule has 2 aromatic heterocycles. The van der Waals surface area contributed by atoms with Crippen molar-refractivity contribution in [1.29, 1.82) is 0 Å². The number of rotatable bonds is 1. The van der Waals surface area contributed by atoms with Gasteiger partial charge >= 0.3 is 0 Å². The summed E-state index contributed by atoms with van der Waals surface area (Å²) in [5.74, 6) is 0.233. The molecule has 1 unspecified atom stereocenters. The van der Waals surface area contributed by atoms with Gasteiger partial charge in [-0.05, 0) is 30.9 Å². The lowest BCUT2D eigenvalue weighted by atomic mass is 9.85. The molecule has 0 spiro atoms. The van der Waals surface area contributed by atoms with Crippen LogP contribution in [0.2, 0.25) is 5.15 Å². The Balaban J connectivity index is 2.08. The number of halogens is 1. The second-order valence-electron chi connectivity index (χ2n) is 3.93. The maximum atomic E-state index is 6.05. The summed E-state index contributed by atoms with van der Waals surface area (Å²) in [5, 5.41) is 0.536. The summed E-state index contributed by atoms with van der Waals surface area (Å²) in [5.41, 5.74) is 3.34. The summed E-state index contributed by atoms with van der Waals surface area (Å²) in [6.07, 6.45) is 5.17. The van der Waals surface area contributed by atoms with E-state index in [1.54, 1.807) is 0 Å². The molecule has 82 valence electrons. The van der Waals surface area contributed by atoms with Crippen LogP contribution in [0, 0.1) is 0 Å². The molecule has 5 heteroatoms. The van der Waals surface area contributed by atoms with Gasteiger partial charge in [0.15, 0.2) is 5.15 Å². The average molecular weight is 252 g/mol. The van der Waals surface area contributed by atoms with E-state index in [1.807, 2.05) is 12.3 Å². The minimum Gasteiger partial charge on any atom is -0.260 e. The molecular weight excluding hydrogens is 242 g/mol. The molecule has 3 rings (SSSR count). The fourth-order valence-electron chi connectivity index (χ4n) is 2.27. The molecule has 1 atom stereocenters. The van der Waals surface area contributed by atoms with Crippen LogP contribution < -0.4 is 0 Å². The van der Waals surface area contributed by atoms with Crippen molar-refractivity contribution in [2.45, 2.75) is 25.2 Å². The lowest BCUT2D eigenvalue weighted by Crippen LogP contribution is -2.13. The molecular formula is C11H10ClN3S. The minimum atomic E-state index is 0.233. The highest BCUT2D eigenvalue weighted by molar-refractivity contribution is 6.99. The van der Waals surface area contributed by atoms with Gasteiger partial charge in [-0.2, -0.15) is 8.75 Å². The van der Waals surface area contributed by atoms with Gasteiger partial charge in [0.05, 0.1) is 17.4 Å². The van der Waals surface area contributed by atoms with E-state index in [2.05, 4.69) is 19.8 Å². The van der Waals surface area contributed by atoms with Gasteiger partial charge in [0, 0.05) is 12.1 Å². The summed E-state index contributed by atoms with van der Waals surface area (Å²) < 4.78 is 8.33. The van der Waals surface area contributed by atoms with Gasteiger partial charge in [0.2, 0.25) is 0 Å². The summed E-state index contributed by atoms with van der Waals surface area (Å²) in [6, 6.07) is 4.13. The van der Waals surface area contributed by atoms with E-state index in [9.17, 15) is 0 Å². The minimum absolute atomic E-state index is 0.233. The smallest absolute Gasteiger partial charge is 0.166 e. The van der Waals surface area contributed by atoms with Crippen molar-refractivity contribution >= 4 is 23.3 Å². The first-order valence-corrected chi connectivity index (χ1v) is 6.39. The predicted molar refractivity (Wildman–Crippen MR) is 63.9 cm³/mol. The van der Waals surface area contributed by atoms with Gasteiger partial charge in [-0.3, -0.25) is 4.98 Å². The normalized spacial score (nSPS) is 19.4. The zero-order chi connectivity index (χ0) is 11.0. The van der Waals surface area contributed by atoms with Gasteiger partial charge in [-0.1, -0.05) is 17.7 Å². The number of hydrogen-bond donors (Lipinski definition) is 0.